The zero-order valence-corrected chi connectivity index (χ0v) is 14.1. The Balaban J connectivity index is 1.49. The number of aromatic nitrogens is 1. The van der Waals surface area contributed by atoms with E-state index in [1.54, 1.807) is 18.4 Å². The van der Waals surface area contributed by atoms with Gasteiger partial charge in [0.1, 0.15) is 5.75 Å². The van der Waals surface area contributed by atoms with Crippen LogP contribution in [-0.4, -0.2) is 49.7 Å². The van der Waals surface area contributed by atoms with Crippen LogP contribution in [0.15, 0.2) is 29.6 Å². The summed E-state index contributed by atoms with van der Waals surface area (Å²) in [5, 5.41) is 3.35. The van der Waals surface area contributed by atoms with Crippen LogP contribution in [-0.2, 0) is 6.42 Å². The number of nitrogens with zero attached hydrogens (tertiary/aromatic N) is 3. The molecule has 0 atom stereocenters. The van der Waals surface area contributed by atoms with Gasteiger partial charge in [0.05, 0.1) is 17.8 Å². The van der Waals surface area contributed by atoms with Crippen LogP contribution < -0.4 is 9.64 Å². The Hall–Kier alpha value is -1.59. The molecular weight excluding hydrogens is 294 g/mol. The first kappa shape index (κ1) is 15.3. The molecule has 0 N–H and O–H groups in total. The van der Waals surface area contributed by atoms with Crippen molar-refractivity contribution in [3.63, 3.8) is 0 Å². The molecule has 118 valence electrons. The van der Waals surface area contributed by atoms with E-state index >= 15 is 0 Å². The lowest BCUT2D eigenvalue weighted by atomic mass is 10.2. The normalized spacial score (nSPS) is 16.0. The zero-order valence-electron chi connectivity index (χ0n) is 13.3. The smallest absolute Gasteiger partial charge is 0.120 e. The molecule has 0 spiro atoms. The molecule has 22 heavy (non-hydrogen) atoms. The van der Waals surface area contributed by atoms with Crippen molar-refractivity contribution in [3.8, 4) is 5.75 Å². The van der Waals surface area contributed by atoms with E-state index < -0.39 is 0 Å². The molecule has 1 saturated heterocycles. The van der Waals surface area contributed by atoms with E-state index in [1.165, 1.54) is 11.4 Å². The predicted octanol–water partition coefficient (Wildman–Crippen LogP) is 2.82. The molecule has 3 rings (SSSR count). The summed E-state index contributed by atoms with van der Waals surface area (Å²) in [4.78, 5) is 9.51. The second kappa shape index (κ2) is 7.11. The molecule has 0 bridgehead atoms. The number of thiazole rings is 1. The highest BCUT2D eigenvalue weighted by molar-refractivity contribution is 7.09. The predicted molar refractivity (Wildman–Crippen MR) is 92.2 cm³/mol. The summed E-state index contributed by atoms with van der Waals surface area (Å²) in [6.45, 7) is 7.55. The summed E-state index contributed by atoms with van der Waals surface area (Å²) in [5.41, 5.74) is 2.49. The first-order chi connectivity index (χ1) is 10.7. The fraction of sp³-hybridized carbons (Fsp3) is 0.471. The van der Waals surface area contributed by atoms with Gasteiger partial charge in [-0.25, -0.2) is 4.98 Å². The van der Waals surface area contributed by atoms with Crippen LogP contribution in [0.5, 0.6) is 5.75 Å². The third-order valence-electron chi connectivity index (χ3n) is 4.14. The van der Waals surface area contributed by atoms with Gasteiger partial charge in [-0.1, -0.05) is 6.07 Å². The number of benzene rings is 1. The fourth-order valence-corrected chi connectivity index (χ4v) is 3.48. The van der Waals surface area contributed by atoms with E-state index in [-0.39, 0.29) is 0 Å². The van der Waals surface area contributed by atoms with E-state index in [4.69, 9.17) is 4.74 Å². The Morgan fingerprint density at radius 3 is 2.73 bits per heavy atom. The number of hydrogen-bond donors (Lipinski definition) is 0. The molecule has 1 aromatic heterocycles. The topological polar surface area (TPSA) is 28.6 Å². The van der Waals surface area contributed by atoms with Crippen LogP contribution in [0.4, 0.5) is 5.69 Å². The maximum absolute atomic E-state index is 5.31. The molecule has 0 radical (unpaired) electrons. The van der Waals surface area contributed by atoms with Crippen molar-refractivity contribution in [2.24, 2.45) is 0 Å². The highest BCUT2D eigenvalue weighted by Gasteiger charge is 2.17. The van der Waals surface area contributed by atoms with Crippen molar-refractivity contribution in [2.45, 2.75) is 13.3 Å². The first-order valence-corrected chi connectivity index (χ1v) is 8.65. The van der Waals surface area contributed by atoms with Crippen LogP contribution in [0.3, 0.4) is 0 Å². The Labute approximate surface area is 136 Å². The lowest BCUT2D eigenvalue weighted by Gasteiger charge is -2.36. The van der Waals surface area contributed by atoms with Gasteiger partial charge in [-0.3, -0.25) is 4.90 Å². The van der Waals surface area contributed by atoms with Crippen LogP contribution >= 0.6 is 11.3 Å². The molecule has 1 aliphatic heterocycles. The molecule has 0 aliphatic carbocycles. The molecule has 0 amide bonds. The minimum Gasteiger partial charge on any atom is -0.497 e. The monoisotopic (exact) mass is 317 g/mol. The van der Waals surface area contributed by atoms with Gasteiger partial charge >= 0.3 is 0 Å². The van der Waals surface area contributed by atoms with Crippen molar-refractivity contribution in [2.75, 3.05) is 44.7 Å². The maximum atomic E-state index is 5.31. The quantitative estimate of drug-likeness (QED) is 0.848. The summed E-state index contributed by atoms with van der Waals surface area (Å²) in [6.07, 6.45) is 1.06. The van der Waals surface area contributed by atoms with Crippen molar-refractivity contribution in [1.29, 1.82) is 0 Å². The van der Waals surface area contributed by atoms with E-state index in [0.29, 0.717) is 0 Å². The van der Waals surface area contributed by atoms with Gasteiger partial charge in [-0.2, -0.15) is 0 Å². The third kappa shape index (κ3) is 3.78. The molecule has 0 unspecified atom stereocenters. The Kier molecular flexibility index (Phi) is 4.95. The fourth-order valence-electron chi connectivity index (χ4n) is 2.83. The number of methoxy groups -OCH3 is 1. The summed E-state index contributed by atoms with van der Waals surface area (Å²) < 4.78 is 5.31. The lowest BCUT2D eigenvalue weighted by molar-refractivity contribution is 0.260. The zero-order chi connectivity index (χ0) is 15.4. The van der Waals surface area contributed by atoms with Crippen LogP contribution in [0, 0.1) is 6.92 Å². The summed E-state index contributed by atoms with van der Waals surface area (Å²) >= 11 is 1.74. The maximum Gasteiger partial charge on any atom is 0.120 e. The SMILES string of the molecule is COc1cccc(N2CCN(CCc3csc(C)n3)CC2)c1. The molecule has 1 fully saturated rings. The minimum absolute atomic E-state index is 0.929. The van der Waals surface area contributed by atoms with Gasteiger partial charge < -0.3 is 9.64 Å². The Morgan fingerprint density at radius 1 is 1.23 bits per heavy atom. The Morgan fingerprint density at radius 2 is 2.05 bits per heavy atom. The standard InChI is InChI=1S/C17H23N3OS/c1-14-18-15(13-22-14)6-7-19-8-10-20(11-9-19)16-4-3-5-17(12-16)21-2/h3-5,12-13H,6-11H2,1-2H3. The second-order valence-electron chi connectivity index (χ2n) is 5.64. The molecule has 5 heteroatoms. The number of ether oxygens (including phenoxy) is 1. The van der Waals surface area contributed by atoms with Crippen LogP contribution in [0.2, 0.25) is 0 Å². The molecule has 2 aromatic rings. The van der Waals surface area contributed by atoms with Crippen molar-refractivity contribution in [1.82, 2.24) is 9.88 Å². The molecule has 1 aromatic carbocycles. The van der Waals surface area contributed by atoms with Crippen molar-refractivity contribution < 1.29 is 4.74 Å². The Bertz CT molecular complexity index is 605. The van der Waals surface area contributed by atoms with Gasteiger partial charge in [0.25, 0.3) is 0 Å². The summed E-state index contributed by atoms with van der Waals surface area (Å²) in [5.74, 6) is 0.929. The average Bonchev–Trinajstić information content (AvgIpc) is 2.99. The van der Waals surface area contributed by atoms with E-state index in [0.717, 1.165) is 49.9 Å². The minimum atomic E-state index is 0.929. The second-order valence-corrected chi connectivity index (χ2v) is 6.70. The number of rotatable bonds is 5. The molecule has 1 aliphatic rings. The molecular formula is C17H23N3OS. The van der Waals surface area contributed by atoms with Crippen LogP contribution in [0.1, 0.15) is 10.7 Å². The van der Waals surface area contributed by atoms with E-state index in [9.17, 15) is 0 Å². The van der Waals surface area contributed by atoms with Gasteiger partial charge in [0, 0.05) is 56.3 Å². The van der Waals surface area contributed by atoms with Crippen LogP contribution in [0.25, 0.3) is 0 Å². The largest absolute Gasteiger partial charge is 0.497 e. The lowest BCUT2D eigenvalue weighted by Crippen LogP contribution is -2.47. The molecule has 2 heterocycles. The number of aryl methyl sites for hydroxylation is 1. The first-order valence-electron chi connectivity index (χ1n) is 7.77. The third-order valence-corrected chi connectivity index (χ3v) is 4.96. The summed E-state index contributed by atoms with van der Waals surface area (Å²) in [6, 6.07) is 8.34. The van der Waals surface area contributed by atoms with Gasteiger partial charge in [0.2, 0.25) is 0 Å². The molecule has 0 saturated carbocycles. The highest BCUT2D eigenvalue weighted by atomic mass is 32.1. The van der Waals surface area contributed by atoms with Gasteiger partial charge in [-0.05, 0) is 19.1 Å². The number of piperazine rings is 1. The van der Waals surface area contributed by atoms with E-state index in [1.807, 2.05) is 6.07 Å². The van der Waals surface area contributed by atoms with Gasteiger partial charge in [0.15, 0.2) is 0 Å². The number of anilines is 1. The van der Waals surface area contributed by atoms with Crippen molar-refractivity contribution in [3.05, 3.63) is 40.3 Å². The van der Waals surface area contributed by atoms with Crippen molar-refractivity contribution >= 4 is 17.0 Å². The number of hydrogen-bond acceptors (Lipinski definition) is 5. The van der Waals surface area contributed by atoms with Gasteiger partial charge in [-0.15, -0.1) is 11.3 Å². The van der Waals surface area contributed by atoms with E-state index in [2.05, 4.69) is 45.3 Å². The average molecular weight is 317 g/mol. The summed E-state index contributed by atoms with van der Waals surface area (Å²) in [7, 11) is 1.72. The molecule has 4 nitrogen and oxygen atoms in total. The highest BCUT2D eigenvalue weighted by Crippen LogP contribution is 2.22.